The Morgan fingerprint density at radius 1 is 1.37 bits per heavy atom. The number of carbonyl (C=O) groups is 1. The molecule has 100 valence electrons. The zero-order valence-electron chi connectivity index (χ0n) is 10.3. The van der Waals surface area contributed by atoms with Crippen molar-refractivity contribution in [2.24, 2.45) is 0 Å². The van der Waals surface area contributed by atoms with Gasteiger partial charge in [-0.15, -0.1) is 0 Å². The Morgan fingerprint density at radius 2 is 1.95 bits per heavy atom. The Bertz CT molecular complexity index is 544. The van der Waals surface area contributed by atoms with E-state index in [1.54, 1.807) is 13.8 Å². The van der Waals surface area contributed by atoms with E-state index >= 15 is 0 Å². The fourth-order valence-electron chi connectivity index (χ4n) is 1.28. The van der Waals surface area contributed by atoms with E-state index in [0.717, 1.165) is 12.1 Å². The fourth-order valence-corrected chi connectivity index (χ4v) is 1.79. The maximum atomic E-state index is 12.6. The predicted octanol–water partition coefficient (Wildman–Crippen LogP) is 1.64. The molecule has 0 saturated heterocycles. The van der Waals surface area contributed by atoms with Crippen molar-refractivity contribution in [2.45, 2.75) is 25.6 Å². The molecule has 1 rings (SSSR count). The molecule has 0 fully saturated rings. The van der Waals surface area contributed by atoms with Gasteiger partial charge in [-0.05, 0) is 0 Å². The van der Waals surface area contributed by atoms with Gasteiger partial charge in [-0.25, -0.2) is 0 Å². The summed E-state index contributed by atoms with van der Waals surface area (Å²) in [6.45, 7) is 3.17. The van der Waals surface area contributed by atoms with Crippen LogP contribution in [0.2, 0.25) is 0 Å². The molecule has 1 N–H and O–H groups in total. The van der Waals surface area contributed by atoms with Gasteiger partial charge in [0.05, 0.1) is 0 Å². The van der Waals surface area contributed by atoms with Crippen LogP contribution in [0.5, 0.6) is 0 Å². The van der Waals surface area contributed by atoms with Crippen molar-refractivity contribution in [3.8, 4) is 12.3 Å². The molecule has 0 spiro atoms. The quantitative estimate of drug-likeness (QED) is 0.649. The van der Waals surface area contributed by atoms with Gasteiger partial charge in [0, 0.05) is 0 Å². The van der Waals surface area contributed by atoms with Crippen LogP contribution in [0, 0.1) is 12.3 Å². The third kappa shape index (κ3) is 4.04. The van der Waals surface area contributed by atoms with E-state index in [1.165, 1.54) is 6.07 Å². The molecular formula is C13H11AsF3NO. The van der Waals surface area contributed by atoms with Gasteiger partial charge < -0.3 is 0 Å². The number of hydrogen-bond acceptors (Lipinski definition) is 1. The normalized spacial score (nSPS) is 11.8. The van der Waals surface area contributed by atoms with Gasteiger partial charge in [-0.2, -0.15) is 0 Å². The Kier molecular flexibility index (Phi) is 4.37. The maximum absolute atomic E-state index is 12.6. The minimum atomic E-state index is -4.49. The zero-order valence-corrected chi connectivity index (χ0v) is 12.2. The van der Waals surface area contributed by atoms with Crippen molar-refractivity contribution >= 4 is 27.1 Å². The first kappa shape index (κ1) is 15.7. The van der Waals surface area contributed by atoms with Gasteiger partial charge in [0.15, 0.2) is 0 Å². The second-order valence-corrected chi connectivity index (χ2v) is 5.46. The molecule has 1 aromatic carbocycles. The average molecular weight is 329 g/mol. The topological polar surface area (TPSA) is 29.1 Å². The second-order valence-electron chi connectivity index (χ2n) is 4.45. The number of hydrogen-bond donors (Lipinski definition) is 1. The third-order valence-corrected chi connectivity index (χ3v) is 3.17. The van der Waals surface area contributed by atoms with Crippen LogP contribution in [0.3, 0.4) is 0 Å². The van der Waals surface area contributed by atoms with Gasteiger partial charge in [0.2, 0.25) is 0 Å². The predicted molar refractivity (Wildman–Crippen MR) is 67.2 cm³/mol. The number of nitrogens with one attached hydrogen (secondary N) is 1. The summed E-state index contributed by atoms with van der Waals surface area (Å²) in [5.74, 6) is 1.71. The van der Waals surface area contributed by atoms with Crippen LogP contribution in [0.25, 0.3) is 0 Å². The second kappa shape index (κ2) is 5.30. The molecule has 0 aliphatic heterocycles. The van der Waals surface area contributed by atoms with Crippen LogP contribution in [0.4, 0.5) is 13.2 Å². The van der Waals surface area contributed by atoms with E-state index in [4.69, 9.17) is 6.42 Å². The first-order valence-electron chi connectivity index (χ1n) is 5.27. The molecule has 0 bridgehead atoms. The molecule has 2 nitrogen and oxygen atoms in total. The van der Waals surface area contributed by atoms with E-state index < -0.39 is 23.2 Å². The first-order chi connectivity index (χ1) is 8.57. The van der Waals surface area contributed by atoms with E-state index in [2.05, 4.69) is 28.1 Å². The average Bonchev–Trinajstić information content (AvgIpc) is 2.27. The minimum absolute atomic E-state index is 0.0573. The van der Waals surface area contributed by atoms with Crippen molar-refractivity contribution in [1.82, 2.24) is 5.32 Å². The number of amides is 1. The summed E-state index contributed by atoms with van der Waals surface area (Å²) >= 11 is 2.06. The Morgan fingerprint density at radius 3 is 2.42 bits per heavy atom. The molecule has 0 atom stereocenters. The zero-order chi connectivity index (χ0) is 14.8. The summed E-state index contributed by atoms with van der Waals surface area (Å²) in [4.78, 5) is 11.9. The molecule has 0 aliphatic rings. The number of alkyl halides is 3. The van der Waals surface area contributed by atoms with E-state index in [1.807, 2.05) is 0 Å². The molecule has 0 aromatic heterocycles. The van der Waals surface area contributed by atoms with E-state index in [0.29, 0.717) is 4.35 Å². The van der Waals surface area contributed by atoms with Gasteiger partial charge in [-0.3, -0.25) is 0 Å². The molecule has 0 aliphatic carbocycles. The molecule has 6 heteroatoms. The molecular weight excluding hydrogens is 318 g/mol. The molecule has 19 heavy (non-hydrogen) atoms. The SMILES string of the molecule is C#CC(C)(C)NC(=O)c1cc(C(F)(F)F)ccc1[As]. The van der Waals surface area contributed by atoms with Gasteiger partial charge in [0.1, 0.15) is 0 Å². The van der Waals surface area contributed by atoms with Crippen molar-refractivity contribution in [2.75, 3.05) is 0 Å². The van der Waals surface area contributed by atoms with Crippen molar-refractivity contribution < 1.29 is 18.0 Å². The molecule has 1 aromatic rings. The van der Waals surface area contributed by atoms with Crippen LogP contribution >= 0.6 is 0 Å². The summed E-state index contributed by atoms with van der Waals surface area (Å²) in [7, 11) is 0. The summed E-state index contributed by atoms with van der Waals surface area (Å²) < 4.78 is 38.2. The van der Waals surface area contributed by atoms with Crippen LogP contribution in [0.15, 0.2) is 18.2 Å². The number of benzene rings is 1. The number of rotatable bonds is 2. The monoisotopic (exact) mass is 329 g/mol. The fraction of sp³-hybridized carbons (Fsp3) is 0.308. The summed E-state index contributed by atoms with van der Waals surface area (Å²) in [5.41, 5.74) is -1.85. The Hall–Kier alpha value is -1.40. The summed E-state index contributed by atoms with van der Waals surface area (Å²) in [5, 5.41) is 2.49. The van der Waals surface area contributed by atoms with Crippen LogP contribution in [-0.4, -0.2) is 28.3 Å². The van der Waals surface area contributed by atoms with Crippen LogP contribution in [0.1, 0.15) is 29.8 Å². The van der Waals surface area contributed by atoms with Gasteiger partial charge in [-0.1, -0.05) is 0 Å². The van der Waals surface area contributed by atoms with E-state index in [-0.39, 0.29) is 5.56 Å². The van der Waals surface area contributed by atoms with Crippen molar-refractivity contribution in [3.05, 3.63) is 29.3 Å². The van der Waals surface area contributed by atoms with Gasteiger partial charge >= 0.3 is 118 Å². The number of halogens is 3. The van der Waals surface area contributed by atoms with Crippen molar-refractivity contribution in [1.29, 1.82) is 0 Å². The molecule has 0 saturated carbocycles. The Balaban J connectivity index is 3.14. The van der Waals surface area contributed by atoms with Gasteiger partial charge in [0.25, 0.3) is 0 Å². The molecule has 2 radical (unpaired) electrons. The standard InChI is InChI=1S/C13H11AsF3NO/c1-4-12(2,3)18-11(19)9-7-8(13(15,16)17)5-6-10(9)14/h1,5-7H,2-3H3,(H,18,19). The summed E-state index contributed by atoms with van der Waals surface area (Å²) in [6.07, 6.45) is 0.733. The van der Waals surface area contributed by atoms with Crippen LogP contribution < -0.4 is 9.67 Å². The summed E-state index contributed by atoms with van der Waals surface area (Å²) in [6, 6.07) is 2.98. The number of terminal acetylenes is 1. The number of carbonyl (C=O) groups excluding carboxylic acids is 1. The first-order valence-corrected chi connectivity index (χ1v) is 6.21. The molecule has 0 unspecified atom stereocenters. The van der Waals surface area contributed by atoms with Crippen molar-refractivity contribution in [3.63, 3.8) is 0 Å². The molecule has 0 heterocycles. The Labute approximate surface area is 118 Å². The van der Waals surface area contributed by atoms with E-state index in [9.17, 15) is 18.0 Å². The third-order valence-electron chi connectivity index (χ3n) is 2.36. The van der Waals surface area contributed by atoms with Crippen LogP contribution in [-0.2, 0) is 6.18 Å². The molecule has 1 amide bonds.